The summed E-state index contributed by atoms with van der Waals surface area (Å²) in [4.78, 5) is 19.7. The molecule has 0 unspecified atom stereocenters. The maximum atomic E-state index is 12.6. The zero-order valence-corrected chi connectivity index (χ0v) is 21.7. The number of benzene rings is 1. The van der Waals surface area contributed by atoms with Gasteiger partial charge in [0.1, 0.15) is 11.6 Å². The number of hydrogen-bond donors (Lipinski definition) is 0. The minimum atomic E-state index is -0.809. The predicted molar refractivity (Wildman–Crippen MR) is 135 cm³/mol. The van der Waals surface area contributed by atoms with Gasteiger partial charge in [0.25, 0.3) is 0 Å². The first-order valence-electron chi connectivity index (χ1n) is 12.9. The van der Waals surface area contributed by atoms with Crippen molar-refractivity contribution in [3.05, 3.63) is 35.8 Å². The van der Waals surface area contributed by atoms with Gasteiger partial charge in [0.05, 0.1) is 18.0 Å². The van der Waals surface area contributed by atoms with Crippen molar-refractivity contribution in [3.63, 3.8) is 0 Å². The molecule has 35 heavy (non-hydrogen) atoms. The molecule has 3 aliphatic heterocycles. The topological polar surface area (TPSA) is 73.7 Å². The van der Waals surface area contributed by atoms with E-state index in [4.69, 9.17) is 14.5 Å². The highest BCUT2D eigenvalue weighted by Gasteiger charge is 2.49. The van der Waals surface area contributed by atoms with Crippen LogP contribution in [0.3, 0.4) is 0 Å². The predicted octanol–water partition coefficient (Wildman–Crippen LogP) is 4.72. The number of rotatable bonds is 3. The molecule has 2 aromatic rings. The molecule has 7 nitrogen and oxygen atoms in total. The number of amides is 1. The number of fused-ring (bicyclic) bond motifs is 4. The first-order valence-corrected chi connectivity index (χ1v) is 14.2. The summed E-state index contributed by atoms with van der Waals surface area (Å²) in [5.41, 5.74) is 2.62. The smallest absolute Gasteiger partial charge is 0.409 e. The van der Waals surface area contributed by atoms with E-state index in [0.717, 1.165) is 41.4 Å². The molecule has 1 aliphatic carbocycles. The van der Waals surface area contributed by atoms with Gasteiger partial charge >= 0.3 is 6.09 Å². The van der Waals surface area contributed by atoms with Crippen molar-refractivity contribution in [1.82, 2.24) is 14.5 Å². The second kappa shape index (κ2) is 8.36. The second-order valence-electron chi connectivity index (χ2n) is 11.3. The molecule has 1 aromatic carbocycles. The largest absolute Gasteiger partial charge is 0.480 e. The second-order valence-corrected chi connectivity index (χ2v) is 13.5. The standard InChI is InChI=1S/C27H35N3O4S/c1-26(2)16-19(10-15-35(26)32)24-28-22-20-6-4-5-7-21(20)34-27(23(22)29(24)3)11-13-30(14-12-27)25(31)33-17-18-8-9-18/h4-7,18-19H,8-17H2,1-3H3/t19-,35+/m1/s1. The van der Waals surface area contributed by atoms with Crippen LogP contribution in [0.5, 0.6) is 5.75 Å². The maximum Gasteiger partial charge on any atom is 0.409 e. The molecule has 4 aliphatic rings. The van der Waals surface area contributed by atoms with E-state index in [1.165, 1.54) is 12.8 Å². The Morgan fingerprint density at radius 1 is 1.20 bits per heavy atom. The number of nitrogens with zero attached hydrogens (tertiary/aromatic N) is 3. The van der Waals surface area contributed by atoms with Gasteiger partial charge in [0, 0.05) is 65.8 Å². The van der Waals surface area contributed by atoms with Crippen molar-refractivity contribution in [2.45, 2.75) is 68.6 Å². The zero-order chi connectivity index (χ0) is 24.4. The molecule has 3 fully saturated rings. The van der Waals surface area contributed by atoms with E-state index in [1.54, 1.807) is 0 Å². The van der Waals surface area contributed by atoms with E-state index >= 15 is 0 Å². The third-order valence-electron chi connectivity index (χ3n) is 8.35. The van der Waals surface area contributed by atoms with E-state index in [9.17, 15) is 9.00 Å². The third-order valence-corrected chi connectivity index (χ3v) is 10.4. The van der Waals surface area contributed by atoms with Gasteiger partial charge in [-0.25, -0.2) is 9.78 Å². The number of hydrogen-bond acceptors (Lipinski definition) is 5. The van der Waals surface area contributed by atoms with Crippen molar-refractivity contribution >= 4 is 16.9 Å². The van der Waals surface area contributed by atoms with Crippen LogP contribution in [0.15, 0.2) is 24.3 Å². The molecule has 4 heterocycles. The molecule has 8 heteroatoms. The number of aromatic nitrogens is 2. The highest BCUT2D eigenvalue weighted by Crippen LogP contribution is 2.51. The summed E-state index contributed by atoms with van der Waals surface area (Å²) in [6.07, 6.45) is 5.28. The van der Waals surface area contributed by atoms with E-state index < -0.39 is 16.4 Å². The number of imidazole rings is 1. The van der Waals surface area contributed by atoms with Gasteiger partial charge < -0.3 is 18.9 Å². The summed E-state index contributed by atoms with van der Waals surface area (Å²) in [6, 6.07) is 8.15. The van der Waals surface area contributed by atoms with E-state index in [-0.39, 0.29) is 16.8 Å². The van der Waals surface area contributed by atoms with Crippen LogP contribution in [0.2, 0.25) is 0 Å². The van der Waals surface area contributed by atoms with Gasteiger partial charge in [-0.15, -0.1) is 0 Å². The Bertz CT molecular complexity index is 1180. The fourth-order valence-corrected chi connectivity index (χ4v) is 7.53. The number of likely N-dealkylation sites (tertiary alicyclic amines) is 1. The average molecular weight is 498 g/mol. The van der Waals surface area contributed by atoms with Crippen LogP contribution in [-0.2, 0) is 28.2 Å². The molecule has 2 saturated heterocycles. The Kier molecular flexibility index (Phi) is 5.51. The average Bonchev–Trinajstić information content (AvgIpc) is 3.60. The van der Waals surface area contributed by atoms with Crippen molar-refractivity contribution in [2.24, 2.45) is 13.0 Å². The highest BCUT2D eigenvalue weighted by molar-refractivity contribution is 7.86. The summed E-state index contributed by atoms with van der Waals surface area (Å²) in [7, 11) is 1.30. The number of piperidine rings is 1. The molecule has 1 amide bonds. The van der Waals surface area contributed by atoms with Crippen LogP contribution in [0.4, 0.5) is 4.79 Å². The van der Waals surface area contributed by atoms with Gasteiger partial charge in [0.2, 0.25) is 0 Å². The highest BCUT2D eigenvalue weighted by atomic mass is 32.2. The quantitative estimate of drug-likeness (QED) is 0.613. The summed E-state index contributed by atoms with van der Waals surface area (Å²) < 4.78 is 26.9. The minimum absolute atomic E-state index is 0.202. The molecule has 6 rings (SSSR count). The van der Waals surface area contributed by atoms with Gasteiger partial charge in [-0.05, 0) is 57.6 Å². The lowest BCUT2D eigenvalue weighted by atomic mass is 9.83. The van der Waals surface area contributed by atoms with Gasteiger partial charge in [0.15, 0.2) is 5.60 Å². The maximum absolute atomic E-state index is 12.6. The fourth-order valence-electron chi connectivity index (χ4n) is 6.09. The van der Waals surface area contributed by atoms with Crippen LogP contribution in [0.25, 0.3) is 11.3 Å². The Balaban J connectivity index is 1.32. The molecule has 0 N–H and O–H groups in total. The summed E-state index contributed by atoms with van der Waals surface area (Å²) in [5.74, 6) is 3.46. The van der Waals surface area contributed by atoms with Crippen molar-refractivity contribution < 1.29 is 18.5 Å². The monoisotopic (exact) mass is 497 g/mol. The zero-order valence-electron chi connectivity index (χ0n) is 20.9. The van der Waals surface area contributed by atoms with Crippen LogP contribution in [0.1, 0.15) is 69.8 Å². The lowest BCUT2D eigenvalue weighted by molar-refractivity contribution is -0.0111. The summed E-state index contributed by atoms with van der Waals surface area (Å²) in [5, 5.41) is 0. The number of para-hydroxylation sites is 1. The first kappa shape index (κ1) is 23.1. The SMILES string of the molecule is Cn1c([C@@H]2CC[S@](=O)C(C)(C)C2)nc2c1C1(CCN(C(=O)OCC3CC3)CC1)Oc1ccccc1-2. The third kappa shape index (κ3) is 3.98. The molecule has 1 spiro atoms. The summed E-state index contributed by atoms with van der Waals surface area (Å²) in [6.45, 7) is 5.95. The lowest BCUT2D eigenvalue weighted by Gasteiger charge is -2.44. The Labute approximate surface area is 209 Å². The van der Waals surface area contributed by atoms with Crippen molar-refractivity contribution in [1.29, 1.82) is 0 Å². The van der Waals surface area contributed by atoms with Crippen LogP contribution in [0, 0.1) is 5.92 Å². The van der Waals surface area contributed by atoms with Crippen LogP contribution >= 0.6 is 0 Å². The van der Waals surface area contributed by atoms with Crippen LogP contribution in [-0.4, -0.2) is 54.9 Å². The summed E-state index contributed by atoms with van der Waals surface area (Å²) >= 11 is 0. The van der Waals surface area contributed by atoms with Crippen molar-refractivity contribution in [2.75, 3.05) is 25.4 Å². The van der Waals surface area contributed by atoms with Gasteiger partial charge in [-0.2, -0.15) is 0 Å². The van der Waals surface area contributed by atoms with Crippen LogP contribution < -0.4 is 4.74 Å². The molecular formula is C27H35N3O4S. The molecule has 188 valence electrons. The van der Waals surface area contributed by atoms with E-state index in [0.29, 0.717) is 44.2 Å². The fraction of sp³-hybridized carbons (Fsp3) is 0.630. The van der Waals surface area contributed by atoms with Crippen molar-refractivity contribution in [3.8, 4) is 17.0 Å². The normalized spacial score (nSPS) is 26.5. The number of ether oxygens (including phenoxy) is 2. The van der Waals surface area contributed by atoms with E-state index in [1.807, 2.05) is 23.1 Å². The molecule has 1 aromatic heterocycles. The number of carbonyl (C=O) groups excluding carboxylic acids is 1. The molecule has 2 atom stereocenters. The Hall–Kier alpha value is -2.35. The minimum Gasteiger partial charge on any atom is -0.480 e. The Morgan fingerprint density at radius 3 is 2.66 bits per heavy atom. The molecule has 0 radical (unpaired) electrons. The van der Waals surface area contributed by atoms with Gasteiger partial charge in [-0.3, -0.25) is 4.21 Å². The van der Waals surface area contributed by atoms with Gasteiger partial charge in [-0.1, -0.05) is 12.1 Å². The molecule has 0 bridgehead atoms. The lowest BCUT2D eigenvalue weighted by Crippen LogP contribution is -2.50. The van der Waals surface area contributed by atoms with E-state index in [2.05, 4.69) is 31.5 Å². The Morgan fingerprint density at radius 2 is 1.94 bits per heavy atom. The first-order chi connectivity index (χ1) is 16.8. The number of carbonyl (C=O) groups is 1. The molecular weight excluding hydrogens is 462 g/mol. The molecule has 1 saturated carbocycles.